The summed E-state index contributed by atoms with van der Waals surface area (Å²) in [6, 6.07) is 11.2. The summed E-state index contributed by atoms with van der Waals surface area (Å²) in [7, 11) is -3.28. The Balaban J connectivity index is 1.86. The Morgan fingerprint density at radius 2 is 1.91 bits per heavy atom. The lowest BCUT2D eigenvalue weighted by Crippen LogP contribution is -2.29. The Morgan fingerprint density at radius 1 is 1.14 bits per heavy atom. The third-order valence-corrected chi connectivity index (χ3v) is 7.60. The second kappa shape index (κ2) is 12.8. The molecule has 3 rings (SSSR count). The first kappa shape index (κ1) is 26.8. The highest BCUT2D eigenvalue weighted by molar-refractivity contribution is 7.89. The molecular weight excluding hydrogens is 484 g/mol. The van der Waals surface area contributed by atoms with E-state index in [9.17, 15) is 13.2 Å². The van der Waals surface area contributed by atoms with Gasteiger partial charge in [0.15, 0.2) is 4.80 Å². The summed E-state index contributed by atoms with van der Waals surface area (Å²) in [6.45, 7) is 7.16. The van der Waals surface area contributed by atoms with Gasteiger partial charge in [-0.15, -0.1) is 11.3 Å². The number of carbonyl (C=O) groups excluding carboxylic acids is 1. The van der Waals surface area contributed by atoms with E-state index in [1.54, 1.807) is 12.1 Å². The maximum Gasteiger partial charge on any atom is 0.281 e. The minimum atomic E-state index is -3.28. The molecule has 8 nitrogen and oxygen atoms in total. The van der Waals surface area contributed by atoms with E-state index in [4.69, 9.17) is 4.74 Å². The predicted octanol–water partition coefficient (Wildman–Crippen LogP) is 4.17. The van der Waals surface area contributed by atoms with Crippen LogP contribution in [0.2, 0.25) is 0 Å². The molecule has 1 amide bonds. The van der Waals surface area contributed by atoms with E-state index in [2.05, 4.69) is 14.7 Å². The average Bonchev–Trinajstić information content (AvgIpc) is 3.24. The fourth-order valence-corrected chi connectivity index (χ4v) is 5.57. The van der Waals surface area contributed by atoms with Crippen LogP contribution < -0.4 is 14.3 Å². The quantitative estimate of drug-likeness (QED) is 0.364. The molecule has 0 radical (unpaired) electrons. The topological polar surface area (TPSA) is 103 Å². The molecule has 0 fully saturated rings. The molecular formula is C25H32N4O4S2. The van der Waals surface area contributed by atoms with Crippen molar-refractivity contribution in [1.29, 1.82) is 0 Å². The lowest BCUT2D eigenvalue weighted by atomic mass is 10.1. The summed E-state index contributed by atoms with van der Waals surface area (Å²) in [5.74, 6) is 0.546. The minimum Gasteiger partial charge on any atom is -0.494 e. The van der Waals surface area contributed by atoms with Crippen LogP contribution in [0.1, 0.15) is 49.2 Å². The number of hydrogen-bond donors (Lipinski definition) is 1. The van der Waals surface area contributed by atoms with Crippen LogP contribution in [0.25, 0.3) is 11.3 Å². The maximum atomic E-state index is 12.8. The van der Waals surface area contributed by atoms with Gasteiger partial charge in [-0.25, -0.2) is 13.1 Å². The number of amides is 1. The lowest BCUT2D eigenvalue weighted by molar-refractivity contribution is 0.0997. The smallest absolute Gasteiger partial charge is 0.281 e. The fraction of sp³-hybridized carbons (Fsp3) is 0.400. The third kappa shape index (κ3) is 7.84. The first-order chi connectivity index (χ1) is 16.8. The monoisotopic (exact) mass is 516 g/mol. The molecule has 0 aliphatic heterocycles. The highest BCUT2D eigenvalue weighted by Gasteiger charge is 2.13. The molecule has 1 aromatic carbocycles. The van der Waals surface area contributed by atoms with Gasteiger partial charge in [0.1, 0.15) is 5.75 Å². The van der Waals surface area contributed by atoms with Crippen molar-refractivity contribution in [3.63, 3.8) is 0 Å². The zero-order valence-corrected chi connectivity index (χ0v) is 22.0. The zero-order chi connectivity index (χ0) is 25.3. The molecule has 2 aromatic heterocycles. The Hall–Kier alpha value is -2.82. The highest BCUT2D eigenvalue weighted by Crippen LogP contribution is 2.23. The Labute approximate surface area is 210 Å². The Bertz CT molecular complexity index is 1280. The summed E-state index contributed by atoms with van der Waals surface area (Å²) < 4.78 is 34.4. The van der Waals surface area contributed by atoms with Crippen LogP contribution in [0.4, 0.5) is 0 Å². The van der Waals surface area contributed by atoms with Crippen LogP contribution >= 0.6 is 11.3 Å². The van der Waals surface area contributed by atoms with Crippen molar-refractivity contribution in [3.8, 4) is 17.0 Å². The summed E-state index contributed by atoms with van der Waals surface area (Å²) >= 11 is 1.37. The number of aromatic nitrogens is 2. The van der Waals surface area contributed by atoms with Crippen LogP contribution in [-0.2, 0) is 16.6 Å². The van der Waals surface area contributed by atoms with Gasteiger partial charge in [0.25, 0.3) is 5.91 Å². The number of sulfonamides is 1. The summed E-state index contributed by atoms with van der Waals surface area (Å²) in [6.07, 6.45) is 3.54. The number of nitrogens with one attached hydrogen (secondary N) is 1. The number of unbranched alkanes of at least 4 members (excludes halogenated alkanes) is 1. The van der Waals surface area contributed by atoms with E-state index in [1.165, 1.54) is 17.5 Å². The number of aryl methyl sites for hydroxylation is 1. The van der Waals surface area contributed by atoms with E-state index >= 15 is 0 Å². The number of pyridine rings is 1. The summed E-state index contributed by atoms with van der Waals surface area (Å²) in [5, 5.41) is 1.96. The first-order valence-electron chi connectivity index (χ1n) is 11.7. The standard InChI is InChI=1S/C25H32N4O4S2/c1-4-6-16-35(31,32)27-14-7-15-29-23(20-10-12-22(13-11-20)33-5-2)18-34-25(29)28-24(30)21-9-8-19(3)26-17-21/h8-13,17-18,27H,4-7,14-16H2,1-3H3. The second-order valence-electron chi connectivity index (χ2n) is 8.04. The van der Waals surface area contributed by atoms with Crippen molar-refractivity contribution < 1.29 is 17.9 Å². The van der Waals surface area contributed by atoms with Gasteiger partial charge in [0.2, 0.25) is 10.0 Å². The minimum absolute atomic E-state index is 0.131. The molecule has 0 unspecified atom stereocenters. The highest BCUT2D eigenvalue weighted by atomic mass is 32.2. The molecule has 35 heavy (non-hydrogen) atoms. The molecule has 10 heteroatoms. The molecule has 0 saturated heterocycles. The molecule has 0 aliphatic rings. The second-order valence-corrected chi connectivity index (χ2v) is 10.8. The van der Waals surface area contributed by atoms with Gasteiger partial charge >= 0.3 is 0 Å². The fourth-order valence-electron chi connectivity index (χ4n) is 3.37. The Morgan fingerprint density at radius 3 is 2.57 bits per heavy atom. The number of benzene rings is 1. The average molecular weight is 517 g/mol. The molecule has 0 atom stereocenters. The molecule has 0 bridgehead atoms. The van der Waals surface area contributed by atoms with Crippen molar-refractivity contribution in [2.24, 2.45) is 4.99 Å². The van der Waals surface area contributed by atoms with Gasteiger partial charge in [0.05, 0.1) is 23.6 Å². The largest absolute Gasteiger partial charge is 0.494 e. The van der Waals surface area contributed by atoms with Gasteiger partial charge < -0.3 is 9.30 Å². The van der Waals surface area contributed by atoms with Crippen LogP contribution in [0.3, 0.4) is 0 Å². The first-order valence-corrected chi connectivity index (χ1v) is 14.3. The lowest BCUT2D eigenvalue weighted by Gasteiger charge is -2.11. The van der Waals surface area contributed by atoms with Gasteiger partial charge in [-0.1, -0.05) is 13.3 Å². The number of nitrogens with zero attached hydrogens (tertiary/aromatic N) is 3. The SMILES string of the molecule is CCCCS(=O)(=O)NCCCn1c(-c2ccc(OCC)cc2)csc1=NC(=O)c1ccc(C)nc1. The number of rotatable bonds is 12. The van der Waals surface area contributed by atoms with E-state index < -0.39 is 10.0 Å². The molecule has 3 aromatic rings. The molecule has 0 aliphatic carbocycles. The van der Waals surface area contributed by atoms with Crippen molar-refractivity contribution in [1.82, 2.24) is 14.3 Å². The van der Waals surface area contributed by atoms with Gasteiger partial charge in [0, 0.05) is 30.4 Å². The van der Waals surface area contributed by atoms with Crippen molar-refractivity contribution in [2.45, 2.75) is 46.6 Å². The molecule has 0 spiro atoms. The maximum absolute atomic E-state index is 12.8. The van der Waals surface area contributed by atoms with E-state index in [0.29, 0.717) is 42.9 Å². The third-order valence-electron chi connectivity index (χ3n) is 5.26. The summed E-state index contributed by atoms with van der Waals surface area (Å²) in [4.78, 5) is 21.9. The van der Waals surface area contributed by atoms with Gasteiger partial charge in [-0.3, -0.25) is 9.78 Å². The van der Waals surface area contributed by atoms with Crippen LogP contribution in [0.15, 0.2) is 53.0 Å². The van der Waals surface area contributed by atoms with Crippen molar-refractivity contribution >= 4 is 27.3 Å². The molecule has 188 valence electrons. The van der Waals surface area contributed by atoms with Crippen LogP contribution in [0.5, 0.6) is 5.75 Å². The number of ether oxygens (including phenoxy) is 1. The van der Waals surface area contributed by atoms with E-state index in [1.807, 2.05) is 55.0 Å². The van der Waals surface area contributed by atoms with Crippen molar-refractivity contribution in [3.05, 3.63) is 64.0 Å². The van der Waals surface area contributed by atoms with Crippen LogP contribution in [0, 0.1) is 6.92 Å². The number of thiazole rings is 1. The molecule has 0 saturated carbocycles. The molecule has 2 heterocycles. The normalized spacial score (nSPS) is 12.1. The van der Waals surface area contributed by atoms with E-state index in [-0.39, 0.29) is 11.7 Å². The van der Waals surface area contributed by atoms with Gasteiger partial charge in [-0.2, -0.15) is 4.99 Å². The van der Waals surface area contributed by atoms with Crippen molar-refractivity contribution in [2.75, 3.05) is 18.9 Å². The predicted molar refractivity (Wildman–Crippen MR) is 139 cm³/mol. The van der Waals surface area contributed by atoms with E-state index in [0.717, 1.165) is 29.1 Å². The van der Waals surface area contributed by atoms with Crippen LogP contribution in [-0.4, -0.2) is 42.8 Å². The zero-order valence-electron chi connectivity index (χ0n) is 20.4. The Kier molecular flexibility index (Phi) is 9.76. The number of carbonyl (C=O) groups is 1. The molecule has 1 N–H and O–H groups in total. The summed E-state index contributed by atoms with van der Waals surface area (Å²) in [5.41, 5.74) is 3.10. The van der Waals surface area contributed by atoms with Gasteiger partial charge in [-0.05, 0) is 68.7 Å². The number of hydrogen-bond acceptors (Lipinski definition) is 6.